The summed E-state index contributed by atoms with van der Waals surface area (Å²) >= 11 is 0. The number of rotatable bonds is 2. The van der Waals surface area contributed by atoms with Crippen LogP contribution in [-0.2, 0) is 0 Å². The molecule has 0 fully saturated rings. The zero-order valence-electron chi connectivity index (χ0n) is 9.64. The van der Waals surface area contributed by atoms with Gasteiger partial charge in [0, 0.05) is 17.8 Å². The van der Waals surface area contributed by atoms with E-state index in [4.69, 9.17) is 4.42 Å². The Bertz CT molecular complexity index is 688. The van der Waals surface area contributed by atoms with Gasteiger partial charge in [-0.1, -0.05) is 6.07 Å². The van der Waals surface area contributed by atoms with Gasteiger partial charge in [0.1, 0.15) is 11.9 Å². The van der Waals surface area contributed by atoms with Crippen molar-refractivity contribution in [2.75, 3.05) is 0 Å². The van der Waals surface area contributed by atoms with Crippen molar-refractivity contribution in [1.29, 1.82) is 0 Å². The molecule has 0 saturated heterocycles. The Hall–Kier alpha value is -2.14. The van der Waals surface area contributed by atoms with E-state index < -0.39 is 11.9 Å². The van der Waals surface area contributed by atoms with Crippen molar-refractivity contribution >= 4 is 11.0 Å². The number of nitrogens with zero attached hydrogens (tertiary/aromatic N) is 1. The Balaban J connectivity index is 2.23. The summed E-state index contributed by atoms with van der Waals surface area (Å²) in [5.74, 6) is -0.0167. The predicted octanol–water partition coefficient (Wildman–Crippen LogP) is 2.69. The minimum absolute atomic E-state index is 0.163. The number of nitrogens with one attached hydrogen (secondary N) is 1. The number of fused-ring (bicyclic) bond motifs is 1. The predicted molar refractivity (Wildman–Crippen MR) is 63.6 cm³/mol. The monoisotopic (exact) mass is 246 g/mol. The van der Waals surface area contributed by atoms with E-state index in [1.54, 1.807) is 18.5 Å². The maximum atomic E-state index is 13.6. The highest BCUT2D eigenvalue weighted by atomic mass is 19.1. The van der Waals surface area contributed by atoms with Gasteiger partial charge in [0.25, 0.3) is 0 Å². The molecule has 1 atom stereocenters. The third kappa shape index (κ3) is 1.52. The molecule has 5 heteroatoms. The number of halogens is 1. The van der Waals surface area contributed by atoms with Gasteiger partial charge in [-0.3, -0.25) is 0 Å². The molecule has 0 aliphatic rings. The minimum atomic E-state index is -0.931. The first kappa shape index (κ1) is 11.0. The molecule has 2 N–H and O–H groups in total. The normalized spacial score (nSPS) is 13.1. The summed E-state index contributed by atoms with van der Waals surface area (Å²) in [6.45, 7) is 1.81. The lowest BCUT2D eigenvalue weighted by Gasteiger charge is -2.10. The maximum absolute atomic E-state index is 13.6. The standard InChI is InChI=1S/C13H11FN2O2/c1-7-6-18-12-9(14)3-2-8(10(7)12)11(17)13-15-4-5-16-13/h2-6,11,17H,1H3,(H,15,16). The van der Waals surface area contributed by atoms with Crippen LogP contribution in [0, 0.1) is 12.7 Å². The summed E-state index contributed by atoms with van der Waals surface area (Å²) in [5.41, 5.74) is 1.52. The van der Waals surface area contributed by atoms with Crippen molar-refractivity contribution in [3.63, 3.8) is 0 Å². The first-order valence-electron chi connectivity index (χ1n) is 5.52. The van der Waals surface area contributed by atoms with Crippen molar-refractivity contribution < 1.29 is 13.9 Å². The molecule has 92 valence electrons. The van der Waals surface area contributed by atoms with Crippen LogP contribution in [0.4, 0.5) is 4.39 Å². The van der Waals surface area contributed by atoms with E-state index in [9.17, 15) is 9.50 Å². The number of aromatic amines is 1. The van der Waals surface area contributed by atoms with E-state index in [2.05, 4.69) is 9.97 Å². The second-order valence-electron chi connectivity index (χ2n) is 4.14. The van der Waals surface area contributed by atoms with Crippen LogP contribution in [0.15, 0.2) is 35.2 Å². The Morgan fingerprint density at radius 2 is 2.28 bits per heavy atom. The van der Waals surface area contributed by atoms with Gasteiger partial charge in [-0.25, -0.2) is 9.37 Å². The van der Waals surface area contributed by atoms with E-state index >= 15 is 0 Å². The Labute approximate surface area is 102 Å². The Morgan fingerprint density at radius 3 is 3.00 bits per heavy atom. The van der Waals surface area contributed by atoms with Gasteiger partial charge in [-0.05, 0) is 24.1 Å². The number of furan rings is 1. The van der Waals surface area contributed by atoms with Crippen LogP contribution >= 0.6 is 0 Å². The molecule has 18 heavy (non-hydrogen) atoms. The van der Waals surface area contributed by atoms with Crippen LogP contribution < -0.4 is 0 Å². The molecule has 3 rings (SSSR count). The lowest BCUT2D eigenvalue weighted by atomic mass is 10.0. The van der Waals surface area contributed by atoms with Crippen LogP contribution in [0.25, 0.3) is 11.0 Å². The fraction of sp³-hybridized carbons (Fsp3) is 0.154. The first-order chi connectivity index (χ1) is 8.68. The SMILES string of the molecule is Cc1coc2c(F)ccc(C(O)c3ncc[nH]3)c12. The average Bonchev–Trinajstić information content (AvgIpc) is 3.00. The molecule has 1 unspecified atom stereocenters. The maximum Gasteiger partial charge on any atom is 0.170 e. The minimum Gasteiger partial charge on any atom is -0.461 e. The molecule has 0 spiro atoms. The molecule has 0 bridgehead atoms. The number of hydrogen-bond donors (Lipinski definition) is 2. The van der Waals surface area contributed by atoms with Crippen LogP contribution in [-0.4, -0.2) is 15.1 Å². The number of imidazole rings is 1. The van der Waals surface area contributed by atoms with Gasteiger partial charge in [-0.2, -0.15) is 0 Å². The molecule has 0 aliphatic heterocycles. The highest BCUT2D eigenvalue weighted by molar-refractivity contribution is 5.85. The quantitative estimate of drug-likeness (QED) is 0.730. The van der Waals surface area contributed by atoms with Gasteiger partial charge in [0.2, 0.25) is 0 Å². The summed E-state index contributed by atoms with van der Waals surface area (Å²) in [7, 11) is 0. The van der Waals surface area contributed by atoms with E-state index in [1.165, 1.54) is 12.3 Å². The smallest absolute Gasteiger partial charge is 0.170 e. The molecule has 0 amide bonds. The van der Waals surface area contributed by atoms with Gasteiger partial charge in [-0.15, -0.1) is 0 Å². The number of aromatic nitrogens is 2. The van der Waals surface area contributed by atoms with Gasteiger partial charge in [0.05, 0.1) is 6.26 Å². The van der Waals surface area contributed by atoms with E-state index in [0.717, 1.165) is 5.56 Å². The summed E-state index contributed by atoms with van der Waals surface area (Å²) in [6, 6.07) is 2.83. The molecule has 2 heterocycles. The zero-order chi connectivity index (χ0) is 12.7. The number of aliphatic hydroxyl groups excluding tert-OH is 1. The van der Waals surface area contributed by atoms with Gasteiger partial charge >= 0.3 is 0 Å². The molecule has 3 aromatic rings. The van der Waals surface area contributed by atoms with Crippen LogP contribution in [0.3, 0.4) is 0 Å². The fourth-order valence-corrected chi connectivity index (χ4v) is 2.10. The summed E-state index contributed by atoms with van der Waals surface area (Å²) in [4.78, 5) is 6.85. The van der Waals surface area contributed by atoms with E-state index in [-0.39, 0.29) is 5.58 Å². The average molecular weight is 246 g/mol. The number of aryl methyl sites for hydroxylation is 1. The third-order valence-corrected chi connectivity index (χ3v) is 2.96. The van der Waals surface area contributed by atoms with Gasteiger partial charge in [0.15, 0.2) is 11.4 Å². The number of hydrogen-bond acceptors (Lipinski definition) is 3. The molecule has 4 nitrogen and oxygen atoms in total. The molecular weight excluding hydrogens is 235 g/mol. The molecule has 0 radical (unpaired) electrons. The van der Waals surface area contributed by atoms with Gasteiger partial charge < -0.3 is 14.5 Å². The number of benzene rings is 1. The second kappa shape index (κ2) is 3.96. The topological polar surface area (TPSA) is 62.1 Å². The largest absolute Gasteiger partial charge is 0.461 e. The van der Waals surface area contributed by atoms with Crippen LogP contribution in [0.5, 0.6) is 0 Å². The zero-order valence-corrected chi connectivity index (χ0v) is 9.64. The van der Waals surface area contributed by atoms with Crippen molar-refractivity contribution in [2.24, 2.45) is 0 Å². The molecule has 0 saturated carbocycles. The van der Waals surface area contributed by atoms with Crippen molar-refractivity contribution in [3.05, 3.63) is 53.6 Å². The third-order valence-electron chi connectivity index (χ3n) is 2.96. The number of H-pyrrole nitrogens is 1. The number of aliphatic hydroxyl groups is 1. The highest BCUT2D eigenvalue weighted by Gasteiger charge is 2.20. The Morgan fingerprint density at radius 1 is 1.44 bits per heavy atom. The summed E-state index contributed by atoms with van der Waals surface area (Å²) < 4.78 is 18.8. The fourth-order valence-electron chi connectivity index (χ4n) is 2.10. The van der Waals surface area contributed by atoms with Crippen molar-refractivity contribution in [3.8, 4) is 0 Å². The van der Waals surface area contributed by atoms with E-state index in [1.807, 2.05) is 6.92 Å². The lowest BCUT2D eigenvalue weighted by Crippen LogP contribution is -2.03. The molecule has 1 aromatic carbocycles. The Kier molecular flexibility index (Phi) is 2.41. The molecular formula is C13H11FN2O2. The molecule has 2 aromatic heterocycles. The van der Waals surface area contributed by atoms with Crippen LogP contribution in [0.1, 0.15) is 23.1 Å². The van der Waals surface area contributed by atoms with Crippen molar-refractivity contribution in [1.82, 2.24) is 9.97 Å². The summed E-state index contributed by atoms with van der Waals surface area (Å²) in [5, 5.41) is 10.9. The van der Waals surface area contributed by atoms with Crippen molar-refractivity contribution in [2.45, 2.75) is 13.0 Å². The summed E-state index contributed by atoms with van der Waals surface area (Å²) in [6.07, 6.45) is 3.73. The lowest BCUT2D eigenvalue weighted by molar-refractivity contribution is 0.212. The highest BCUT2D eigenvalue weighted by Crippen LogP contribution is 2.32. The van der Waals surface area contributed by atoms with E-state index in [0.29, 0.717) is 16.8 Å². The molecule has 0 aliphatic carbocycles. The van der Waals surface area contributed by atoms with Crippen LogP contribution in [0.2, 0.25) is 0 Å². The second-order valence-corrected chi connectivity index (χ2v) is 4.14. The first-order valence-corrected chi connectivity index (χ1v) is 5.52.